The molecule has 0 spiro atoms. The van der Waals surface area contributed by atoms with Gasteiger partial charge in [-0.05, 0) is 36.8 Å². The van der Waals surface area contributed by atoms with E-state index in [0.717, 1.165) is 10.9 Å². The molecule has 0 saturated heterocycles. The number of furan rings is 1. The van der Waals surface area contributed by atoms with Crippen molar-refractivity contribution in [2.24, 2.45) is 0 Å². The lowest BCUT2D eigenvalue weighted by atomic mass is 10.0. The summed E-state index contributed by atoms with van der Waals surface area (Å²) in [7, 11) is 0. The summed E-state index contributed by atoms with van der Waals surface area (Å²) in [6.45, 7) is 3.36. The molecule has 0 aliphatic carbocycles. The minimum Gasteiger partial charge on any atom is -0.453 e. The topological polar surface area (TPSA) is 59.3 Å². The van der Waals surface area contributed by atoms with E-state index in [1.807, 2.05) is 19.1 Å². The molecule has 1 N–H and O–H groups in total. The van der Waals surface area contributed by atoms with Gasteiger partial charge in [0.2, 0.25) is 11.7 Å². The van der Waals surface area contributed by atoms with Gasteiger partial charge in [-0.2, -0.15) is 0 Å². The molecule has 0 unspecified atom stereocenters. The zero-order valence-corrected chi connectivity index (χ0v) is 14.1. The highest BCUT2D eigenvalue weighted by molar-refractivity contribution is 6.31. The summed E-state index contributed by atoms with van der Waals surface area (Å²) in [5.74, 6) is -0.0143. The summed E-state index contributed by atoms with van der Waals surface area (Å²) in [6, 6.07) is 13.9. The molecule has 0 aliphatic rings. The lowest BCUT2D eigenvalue weighted by Crippen LogP contribution is -2.23. The summed E-state index contributed by atoms with van der Waals surface area (Å²) in [5, 5.41) is 4.20. The molecule has 1 atom stereocenters. The van der Waals surface area contributed by atoms with Crippen LogP contribution in [0.25, 0.3) is 11.0 Å². The van der Waals surface area contributed by atoms with Crippen LogP contribution in [0.15, 0.2) is 52.9 Å². The number of halogens is 1. The van der Waals surface area contributed by atoms with Crippen molar-refractivity contribution in [3.63, 3.8) is 0 Å². The zero-order valence-electron chi connectivity index (χ0n) is 13.3. The fourth-order valence-corrected chi connectivity index (χ4v) is 2.76. The summed E-state index contributed by atoms with van der Waals surface area (Å²) < 4.78 is 5.60. The Bertz CT molecular complexity index is 912. The number of carbonyl (C=O) groups excluding carboxylic acids is 2. The minimum atomic E-state index is -0.193. The van der Waals surface area contributed by atoms with Crippen molar-refractivity contribution in [2.75, 3.05) is 0 Å². The van der Waals surface area contributed by atoms with Gasteiger partial charge in [-0.3, -0.25) is 9.59 Å². The maximum atomic E-state index is 12.6. The third kappa shape index (κ3) is 3.34. The van der Waals surface area contributed by atoms with Crippen LogP contribution >= 0.6 is 11.6 Å². The van der Waals surface area contributed by atoms with Gasteiger partial charge in [0.05, 0.1) is 6.04 Å². The van der Waals surface area contributed by atoms with Crippen LogP contribution in [0.3, 0.4) is 0 Å². The molecule has 0 fully saturated rings. The molecular weight excluding hydrogens is 326 g/mol. The maximum absolute atomic E-state index is 12.6. The Morgan fingerprint density at radius 3 is 2.46 bits per heavy atom. The summed E-state index contributed by atoms with van der Waals surface area (Å²) in [4.78, 5) is 23.7. The number of fused-ring (bicyclic) bond motifs is 1. The molecule has 122 valence electrons. The average Bonchev–Trinajstić information content (AvgIpc) is 2.96. The fraction of sp³-hybridized carbons (Fsp3) is 0.158. The van der Waals surface area contributed by atoms with Gasteiger partial charge in [0.15, 0.2) is 5.76 Å². The smallest absolute Gasteiger partial charge is 0.228 e. The van der Waals surface area contributed by atoms with E-state index in [4.69, 9.17) is 16.0 Å². The number of hydrogen-bond donors (Lipinski definition) is 1. The van der Waals surface area contributed by atoms with Gasteiger partial charge >= 0.3 is 0 Å². The second kappa shape index (κ2) is 6.49. The summed E-state index contributed by atoms with van der Waals surface area (Å²) in [5.41, 5.74) is 2.08. The monoisotopic (exact) mass is 341 g/mol. The van der Waals surface area contributed by atoms with Crippen LogP contribution in [-0.2, 0) is 4.79 Å². The van der Waals surface area contributed by atoms with Crippen molar-refractivity contribution >= 4 is 34.3 Å². The van der Waals surface area contributed by atoms with Crippen LogP contribution in [-0.4, -0.2) is 11.7 Å². The second-order valence-corrected chi connectivity index (χ2v) is 6.10. The Morgan fingerprint density at radius 1 is 1.08 bits per heavy atom. The highest BCUT2D eigenvalue weighted by Crippen LogP contribution is 2.25. The fourth-order valence-electron chi connectivity index (χ4n) is 2.58. The molecule has 4 nitrogen and oxygen atoms in total. The average molecular weight is 342 g/mol. The molecule has 24 heavy (non-hydrogen) atoms. The van der Waals surface area contributed by atoms with Crippen LogP contribution in [0.1, 0.15) is 41.6 Å². The molecule has 5 heteroatoms. The van der Waals surface area contributed by atoms with Crippen LogP contribution < -0.4 is 5.32 Å². The van der Waals surface area contributed by atoms with Gasteiger partial charge < -0.3 is 9.73 Å². The van der Waals surface area contributed by atoms with Gasteiger partial charge in [-0.1, -0.05) is 35.9 Å². The molecule has 3 rings (SSSR count). The Kier molecular flexibility index (Phi) is 4.40. The third-order valence-electron chi connectivity index (χ3n) is 3.79. The van der Waals surface area contributed by atoms with E-state index in [1.165, 1.54) is 6.92 Å². The highest BCUT2D eigenvalue weighted by atomic mass is 35.5. The van der Waals surface area contributed by atoms with Gasteiger partial charge in [0.25, 0.3) is 0 Å². The molecular formula is C19H16ClNO3. The zero-order chi connectivity index (χ0) is 17.3. The molecule has 1 heterocycles. The van der Waals surface area contributed by atoms with Crippen LogP contribution in [0.2, 0.25) is 5.02 Å². The molecule has 3 aromatic rings. The third-order valence-corrected chi connectivity index (χ3v) is 4.03. The van der Waals surface area contributed by atoms with Gasteiger partial charge in [-0.25, -0.2) is 0 Å². The number of hydrogen-bond acceptors (Lipinski definition) is 3. The number of amides is 1. The van der Waals surface area contributed by atoms with Crippen molar-refractivity contribution in [3.05, 3.63) is 70.4 Å². The van der Waals surface area contributed by atoms with E-state index in [1.54, 1.807) is 36.4 Å². The predicted octanol–water partition coefficient (Wildman–Crippen LogP) is 4.51. The molecule has 2 aromatic carbocycles. The SMILES string of the molecule is CC(=O)N[C@H](C)c1ccc(C(=O)c2cc3cc(Cl)ccc3o2)cc1. The number of carbonyl (C=O) groups is 2. The van der Waals surface area contributed by atoms with Crippen LogP contribution in [0.5, 0.6) is 0 Å². The first-order valence-electron chi connectivity index (χ1n) is 7.55. The molecule has 1 aromatic heterocycles. The van der Waals surface area contributed by atoms with E-state index >= 15 is 0 Å². The first-order valence-corrected chi connectivity index (χ1v) is 7.92. The van der Waals surface area contributed by atoms with Gasteiger partial charge in [0.1, 0.15) is 5.58 Å². The molecule has 0 bridgehead atoms. The van der Waals surface area contributed by atoms with E-state index in [0.29, 0.717) is 16.2 Å². The number of ketones is 1. The molecule has 0 aliphatic heterocycles. The normalized spacial score (nSPS) is 12.1. The Labute approximate surface area is 144 Å². The number of rotatable bonds is 4. The highest BCUT2D eigenvalue weighted by Gasteiger charge is 2.15. The quantitative estimate of drug-likeness (QED) is 0.710. The number of benzene rings is 2. The first kappa shape index (κ1) is 16.3. The van der Waals surface area contributed by atoms with Crippen molar-refractivity contribution < 1.29 is 14.0 Å². The van der Waals surface area contributed by atoms with E-state index in [9.17, 15) is 9.59 Å². The second-order valence-electron chi connectivity index (χ2n) is 5.67. The largest absolute Gasteiger partial charge is 0.453 e. The van der Waals surface area contributed by atoms with Crippen LogP contribution in [0, 0.1) is 0 Å². The van der Waals surface area contributed by atoms with Crippen molar-refractivity contribution in [1.29, 1.82) is 0 Å². The minimum absolute atomic E-state index is 0.0939. The van der Waals surface area contributed by atoms with Gasteiger partial charge in [-0.15, -0.1) is 0 Å². The Hall–Kier alpha value is -2.59. The van der Waals surface area contributed by atoms with Crippen molar-refractivity contribution in [2.45, 2.75) is 19.9 Å². The first-order chi connectivity index (χ1) is 11.4. The summed E-state index contributed by atoms with van der Waals surface area (Å²) in [6.07, 6.45) is 0. The summed E-state index contributed by atoms with van der Waals surface area (Å²) >= 11 is 5.95. The lowest BCUT2D eigenvalue weighted by molar-refractivity contribution is -0.119. The van der Waals surface area contributed by atoms with Crippen LogP contribution in [0.4, 0.5) is 0 Å². The Morgan fingerprint density at radius 2 is 1.79 bits per heavy atom. The van der Waals surface area contributed by atoms with E-state index in [2.05, 4.69) is 5.32 Å². The van der Waals surface area contributed by atoms with E-state index < -0.39 is 0 Å². The van der Waals surface area contributed by atoms with Crippen molar-refractivity contribution in [1.82, 2.24) is 5.32 Å². The lowest BCUT2D eigenvalue weighted by Gasteiger charge is -2.12. The molecule has 1 amide bonds. The molecule has 0 radical (unpaired) electrons. The number of nitrogens with one attached hydrogen (secondary N) is 1. The maximum Gasteiger partial charge on any atom is 0.228 e. The standard InChI is InChI=1S/C19H16ClNO3/c1-11(21-12(2)22)13-3-5-14(6-4-13)19(23)18-10-15-9-16(20)7-8-17(15)24-18/h3-11H,1-2H3,(H,21,22)/t11-/m1/s1. The van der Waals surface area contributed by atoms with E-state index in [-0.39, 0.29) is 23.5 Å². The predicted molar refractivity (Wildman–Crippen MR) is 93.3 cm³/mol. The Balaban J connectivity index is 1.84. The molecule has 0 saturated carbocycles. The van der Waals surface area contributed by atoms with Gasteiger partial charge in [0, 0.05) is 22.9 Å². The van der Waals surface area contributed by atoms with Crippen molar-refractivity contribution in [3.8, 4) is 0 Å².